The molecule has 0 amide bonds. The highest BCUT2D eigenvalue weighted by molar-refractivity contribution is 5.81. The highest BCUT2D eigenvalue weighted by Gasteiger charge is 3.03. The number of carbonyl (C=O) groups is 1. The molecular weight excluding hydrogens is 911 g/mol. The average molecular weight is 918 g/mol. The van der Waals surface area contributed by atoms with Gasteiger partial charge in [-0.25, -0.2) is 9.18 Å². The van der Waals surface area contributed by atoms with E-state index >= 15 is 0 Å². The molecule has 0 aliphatic rings. The third kappa shape index (κ3) is 6.38. The summed E-state index contributed by atoms with van der Waals surface area (Å²) in [5, 5.41) is 0. The van der Waals surface area contributed by atoms with E-state index < -0.39 is 114 Å². The van der Waals surface area contributed by atoms with Crippen LogP contribution in [0.25, 0.3) is 0 Å². The maximum absolute atomic E-state index is 14.6. The average Bonchev–Trinajstić information content (AvgIpc) is 2.97. The Balaban J connectivity index is 7.98. The molecule has 2 nitrogen and oxygen atoms in total. The molecule has 0 saturated carbocycles. The number of rotatable bonds is 17. The number of alkyl halides is 33. The zero-order chi connectivity index (χ0) is 46.4. The Morgan fingerprint density at radius 1 is 0.357 bits per heavy atom. The molecule has 0 aliphatic heterocycles. The van der Waals surface area contributed by atoms with Crippen LogP contribution in [0.15, 0.2) is 12.7 Å². The van der Waals surface area contributed by atoms with Gasteiger partial charge < -0.3 is 4.74 Å². The van der Waals surface area contributed by atoms with E-state index in [0.717, 1.165) is 0 Å². The second-order valence-electron chi connectivity index (χ2n) is 10.4. The molecule has 0 aromatic rings. The van der Waals surface area contributed by atoms with Gasteiger partial charge in [-0.15, -0.1) is 0 Å². The minimum absolute atomic E-state index is 0.106. The van der Waals surface area contributed by atoms with Crippen LogP contribution in [-0.4, -0.2) is 108 Å². The van der Waals surface area contributed by atoms with Crippen LogP contribution in [0.1, 0.15) is 6.42 Å². The minimum atomic E-state index is -10.5. The lowest BCUT2D eigenvalue weighted by Crippen LogP contribution is -2.82. The summed E-state index contributed by atoms with van der Waals surface area (Å²) in [5.41, 5.74) is -10.4. The van der Waals surface area contributed by atoms with Crippen molar-refractivity contribution in [3.05, 3.63) is 12.7 Å². The van der Waals surface area contributed by atoms with Gasteiger partial charge in [0.05, 0.1) is 13.0 Å². The van der Waals surface area contributed by atoms with Gasteiger partial charge in [-0.3, -0.25) is 0 Å². The van der Waals surface area contributed by atoms with Crippen molar-refractivity contribution < 1.29 is 154 Å². The minimum Gasteiger partial charge on any atom is -0.462 e. The number of esters is 1. The zero-order valence-electron chi connectivity index (χ0n) is 24.5. The van der Waals surface area contributed by atoms with Gasteiger partial charge in [-0.1, -0.05) is 6.58 Å². The van der Waals surface area contributed by atoms with Gasteiger partial charge in [0, 0.05) is 6.08 Å². The fourth-order valence-corrected chi connectivity index (χ4v) is 3.47. The van der Waals surface area contributed by atoms with Crippen LogP contribution in [0.5, 0.6) is 0 Å². The fourth-order valence-electron chi connectivity index (χ4n) is 3.47. The quantitative estimate of drug-likeness (QED) is 0.0826. The lowest BCUT2D eigenvalue weighted by Gasteiger charge is -2.49. The van der Waals surface area contributed by atoms with E-state index in [0.29, 0.717) is 0 Å². The van der Waals surface area contributed by atoms with E-state index in [1.165, 1.54) is 0 Å². The normalized spacial score (nSPS) is 17.4. The lowest BCUT2D eigenvalue weighted by atomic mass is 9.76. The third-order valence-corrected chi connectivity index (χ3v) is 6.84. The van der Waals surface area contributed by atoms with Crippen molar-refractivity contribution in [3.8, 4) is 0 Å². The Morgan fingerprint density at radius 2 is 0.589 bits per heavy atom. The number of halogens is 33. The van der Waals surface area contributed by atoms with Crippen LogP contribution in [-0.2, 0) is 9.53 Å². The van der Waals surface area contributed by atoms with E-state index in [1.54, 1.807) is 0 Å². The number of hydrogen-bond acceptors (Lipinski definition) is 2. The van der Waals surface area contributed by atoms with Crippen LogP contribution < -0.4 is 0 Å². The smallest absolute Gasteiger partial charge is 0.460 e. The highest BCUT2D eigenvalue weighted by atomic mass is 19.4. The summed E-state index contributed by atoms with van der Waals surface area (Å²) in [5.74, 6) is -128. The van der Waals surface area contributed by atoms with Gasteiger partial charge in [0.2, 0.25) is 0 Å². The van der Waals surface area contributed by atoms with Crippen LogP contribution in [0.4, 0.5) is 145 Å². The monoisotopic (exact) mass is 918 g/mol. The molecule has 0 bridgehead atoms. The fraction of sp³-hybridized carbons (Fsp3) is 0.857. The van der Waals surface area contributed by atoms with E-state index in [9.17, 15) is 150 Å². The molecule has 1 unspecified atom stereocenters. The molecule has 1 atom stereocenters. The molecule has 0 aromatic carbocycles. The summed E-state index contributed by atoms with van der Waals surface area (Å²) in [7, 11) is 0. The Morgan fingerprint density at radius 3 is 0.821 bits per heavy atom. The molecule has 0 N–H and O–H groups in total. The summed E-state index contributed by atoms with van der Waals surface area (Å²) in [6.45, 7) is -0.0449. The molecule has 0 rings (SSSR count). The highest BCUT2D eigenvalue weighted by Crippen LogP contribution is 2.71. The van der Waals surface area contributed by atoms with Crippen molar-refractivity contribution in [1.29, 1.82) is 0 Å². The van der Waals surface area contributed by atoms with E-state index in [4.69, 9.17) is 0 Å². The molecule has 0 aliphatic carbocycles. The van der Waals surface area contributed by atoms with E-state index in [-0.39, 0.29) is 6.08 Å². The molecule has 35 heteroatoms. The second-order valence-corrected chi connectivity index (χ2v) is 10.4. The zero-order valence-corrected chi connectivity index (χ0v) is 24.5. The second kappa shape index (κ2) is 13.5. The Kier molecular flexibility index (Phi) is 12.7. The first-order chi connectivity index (χ1) is 23.7. The molecule has 0 aromatic heterocycles. The Hall–Kier alpha value is -3.10. The van der Waals surface area contributed by atoms with Crippen molar-refractivity contribution >= 4 is 5.97 Å². The van der Waals surface area contributed by atoms with Gasteiger partial charge in [-0.2, -0.15) is 140 Å². The summed E-state index contributed by atoms with van der Waals surface area (Å²) < 4.78 is 453. The third-order valence-electron chi connectivity index (χ3n) is 6.84. The van der Waals surface area contributed by atoms with Gasteiger partial charge in [0.25, 0.3) is 0 Å². The predicted octanol–water partition coefficient (Wildman–Crippen LogP) is 11.2. The van der Waals surface area contributed by atoms with Crippen molar-refractivity contribution in [2.45, 2.75) is 101 Å². The SMILES string of the molecule is C=CC(=O)OCCC(F)(F)C(F)(F)C(F)(F)C(F)(F)C(F)(C(F)(F)F)C(F)(F)C(F)(F)C(F)(F)C(F)(F)C(F)(F)C(F)(F)C(F)(F)C(F)(F)C(F)(F)C(F)(F)F. The van der Waals surface area contributed by atoms with Gasteiger partial charge >= 0.3 is 101 Å². The lowest BCUT2D eigenvalue weighted by molar-refractivity contribution is -0.495. The van der Waals surface area contributed by atoms with Crippen molar-refractivity contribution in [2.24, 2.45) is 0 Å². The van der Waals surface area contributed by atoms with Crippen molar-refractivity contribution in [2.75, 3.05) is 6.61 Å². The van der Waals surface area contributed by atoms with Gasteiger partial charge in [0.1, 0.15) is 0 Å². The summed E-state index contributed by atoms with van der Waals surface area (Å²) in [4.78, 5) is 10.7. The van der Waals surface area contributed by atoms with Crippen LogP contribution >= 0.6 is 0 Å². The van der Waals surface area contributed by atoms with Crippen LogP contribution in [0, 0.1) is 0 Å². The van der Waals surface area contributed by atoms with Crippen LogP contribution in [0.3, 0.4) is 0 Å². The van der Waals surface area contributed by atoms with Crippen LogP contribution in [0.2, 0.25) is 0 Å². The molecule has 0 radical (unpaired) electrons. The van der Waals surface area contributed by atoms with Gasteiger partial charge in [-0.05, 0) is 0 Å². The largest absolute Gasteiger partial charge is 0.462 e. The van der Waals surface area contributed by atoms with E-state index in [1.807, 2.05) is 0 Å². The number of ether oxygens (including phenoxy) is 1. The molecule has 334 valence electrons. The molecule has 0 spiro atoms. The number of carbonyl (C=O) groups excluding carboxylic acids is 1. The van der Waals surface area contributed by atoms with E-state index in [2.05, 4.69) is 11.3 Å². The topological polar surface area (TPSA) is 26.3 Å². The maximum atomic E-state index is 14.6. The summed E-state index contributed by atoms with van der Waals surface area (Å²) in [6.07, 6.45) is -21.6. The summed E-state index contributed by atoms with van der Waals surface area (Å²) in [6, 6.07) is 0. The standard InChI is InChI=1S/C21H7F33O2/c1-2-5(55)56-4-3-6(22,23)8(25,26)11(31,32)9(27,28)7(24,20(49,50)51)10(29,30)12(33,34)13(35,36)14(37,38)15(39,40)16(41,42)17(43,44)18(45,46)19(47,48)21(52,53)54/h2H,1,3-4H2. The summed E-state index contributed by atoms with van der Waals surface area (Å²) >= 11 is 0. The predicted molar refractivity (Wildman–Crippen MR) is 106 cm³/mol. The molecule has 0 saturated heterocycles. The first-order valence-electron chi connectivity index (χ1n) is 12.2. The number of hydrogen-bond donors (Lipinski definition) is 0. The Bertz CT molecular complexity index is 1450. The van der Waals surface area contributed by atoms with Crippen molar-refractivity contribution in [1.82, 2.24) is 0 Å². The van der Waals surface area contributed by atoms with Crippen molar-refractivity contribution in [3.63, 3.8) is 0 Å². The van der Waals surface area contributed by atoms with Gasteiger partial charge in [0.15, 0.2) is 0 Å². The maximum Gasteiger partial charge on any atom is 0.460 e. The first-order valence-corrected chi connectivity index (χ1v) is 12.2. The first kappa shape index (κ1) is 52.9. The molecule has 56 heavy (non-hydrogen) atoms. The molecule has 0 fully saturated rings. The molecule has 0 heterocycles. The molecular formula is C21H7F33O2. The Labute approximate surface area is 282 Å².